The maximum atomic E-state index is 12.5. The van der Waals surface area contributed by atoms with Gasteiger partial charge in [0.25, 0.3) is 0 Å². The maximum Gasteiger partial charge on any atom is 0.303 e. The number of rotatable bonds is 14. The first kappa shape index (κ1) is 31.9. The minimum atomic E-state index is -0.965. The van der Waals surface area contributed by atoms with Crippen molar-refractivity contribution in [1.29, 1.82) is 0 Å². The van der Waals surface area contributed by atoms with Gasteiger partial charge in [-0.2, -0.15) is 0 Å². The highest BCUT2D eigenvalue weighted by molar-refractivity contribution is 5.76. The Morgan fingerprint density at radius 1 is 0.921 bits per heavy atom. The lowest BCUT2D eigenvalue weighted by Crippen LogP contribution is -2.54. The van der Waals surface area contributed by atoms with Crippen molar-refractivity contribution < 1.29 is 57.4 Å². The van der Waals surface area contributed by atoms with Gasteiger partial charge in [-0.3, -0.25) is 19.2 Å². The van der Waals surface area contributed by atoms with Gasteiger partial charge in [0.15, 0.2) is 12.4 Å². The van der Waals surface area contributed by atoms with Crippen LogP contribution in [0.5, 0.6) is 0 Å². The SMILES string of the molecule is COCC1C[C@H](NC(=O)CCCCOC2CC(OC(C)=O)C(OC(C)=O)C(COC(C)=O)O2)C(OC)C1O. The highest BCUT2D eigenvalue weighted by atomic mass is 16.7. The molecule has 0 aromatic rings. The van der Waals surface area contributed by atoms with E-state index in [1.54, 1.807) is 7.11 Å². The van der Waals surface area contributed by atoms with E-state index in [-0.39, 0.29) is 43.9 Å². The predicted octanol–water partition coefficient (Wildman–Crippen LogP) is 0.242. The van der Waals surface area contributed by atoms with Crippen molar-refractivity contribution in [3.05, 3.63) is 0 Å². The quantitative estimate of drug-likeness (QED) is 0.173. The van der Waals surface area contributed by atoms with Crippen LogP contribution < -0.4 is 5.32 Å². The number of aliphatic hydroxyl groups is 1. The number of hydrogen-bond donors (Lipinski definition) is 2. The van der Waals surface area contributed by atoms with Gasteiger partial charge in [-0.25, -0.2) is 0 Å². The van der Waals surface area contributed by atoms with Crippen molar-refractivity contribution in [2.75, 3.05) is 34.0 Å². The van der Waals surface area contributed by atoms with E-state index in [4.69, 9.17) is 33.2 Å². The summed E-state index contributed by atoms with van der Waals surface area (Å²) < 4.78 is 37.8. The van der Waals surface area contributed by atoms with Crippen LogP contribution >= 0.6 is 0 Å². The first-order valence-corrected chi connectivity index (χ1v) is 12.8. The lowest BCUT2D eigenvalue weighted by Gasteiger charge is -2.39. The van der Waals surface area contributed by atoms with Crippen molar-refractivity contribution in [2.45, 2.75) is 95.7 Å². The van der Waals surface area contributed by atoms with Gasteiger partial charge in [0, 0.05) is 60.4 Å². The molecule has 2 N–H and O–H groups in total. The van der Waals surface area contributed by atoms with Crippen molar-refractivity contribution in [3.63, 3.8) is 0 Å². The highest BCUT2D eigenvalue weighted by Gasteiger charge is 2.45. The zero-order valence-corrected chi connectivity index (χ0v) is 22.7. The number of ether oxygens (including phenoxy) is 7. The normalized spacial score (nSPS) is 30.9. The number of unbranched alkanes of at least 4 members (excludes halogenated alkanes) is 1. The number of carbonyl (C=O) groups is 4. The monoisotopic (exact) mass is 547 g/mol. The minimum Gasteiger partial charge on any atom is -0.463 e. The van der Waals surface area contributed by atoms with Crippen LogP contribution in [0, 0.1) is 5.92 Å². The summed E-state index contributed by atoms with van der Waals surface area (Å²) in [6.45, 7) is 4.11. The van der Waals surface area contributed by atoms with Crippen LogP contribution in [0.15, 0.2) is 0 Å². The number of carbonyl (C=O) groups excluding carboxylic acids is 4. The fraction of sp³-hybridized carbons (Fsp3) is 0.840. The lowest BCUT2D eigenvalue weighted by molar-refractivity contribution is -0.266. The second-order valence-electron chi connectivity index (χ2n) is 9.51. The van der Waals surface area contributed by atoms with Crippen LogP contribution in [0.4, 0.5) is 0 Å². The molecule has 0 radical (unpaired) electrons. The standard InChI is InChI=1S/C25H41NO12/c1-14(27)35-13-20-25(37-16(3)29)19(36-15(2)28)11-22(38-20)34-9-7-6-8-21(30)26-18-10-17(12-32-4)23(31)24(18)33-5/h17-20,22-25,31H,6-13H2,1-5H3,(H,26,30)/t17?,18-,19?,20?,22?,23?,24?,25?/m0/s1. The van der Waals surface area contributed by atoms with Gasteiger partial charge in [-0.05, 0) is 19.3 Å². The van der Waals surface area contributed by atoms with Crippen molar-refractivity contribution >= 4 is 23.8 Å². The molecule has 2 aliphatic rings. The molecule has 0 bridgehead atoms. The fourth-order valence-corrected chi connectivity index (χ4v) is 4.82. The molecule has 1 aliphatic heterocycles. The molecule has 7 unspecified atom stereocenters. The summed E-state index contributed by atoms with van der Waals surface area (Å²) in [6.07, 6.45) is -2.71. The van der Waals surface area contributed by atoms with Crippen molar-refractivity contribution in [1.82, 2.24) is 5.32 Å². The van der Waals surface area contributed by atoms with E-state index in [2.05, 4.69) is 5.32 Å². The number of amides is 1. The van der Waals surface area contributed by atoms with Gasteiger partial charge < -0.3 is 43.6 Å². The fourth-order valence-electron chi connectivity index (χ4n) is 4.82. The molecule has 0 aromatic carbocycles. The Labute approximate surface area is 222 Å². The zero-order chi connectivity index (χ0) is 28.2. The number of methoxy groups -OCH3 is 2. The Morgan fingerprint density at radius 2 is 1.63 bits per heavy atom. The lowest BCUT2D eigenvalue weighted by atomic mass is 10.0. The van der Waals surface area contributed by atoms with E-state index in [9.17, 15) is 24.3 Å². The van der Waals surface area contributed by atoms with E-state index in [1.807, 2.05) is 0 Å². The summed E-state index contributed by atoms with van der Waals surface area (Å²) in [5, 5.41) is 13.3. The Kier molecular flexibility index (Phi) is 13.4. The molecule has 38 heavy (non-hydrogen) atoms. The molecule has 2 rings (SSSR count). The van der Waals surface area contributed by atoms with Gasteiger partial charge in [0.1, 0.15) is 24.9 Å². The molecule has 13 heteroatoms. The molecule has 0 aromatic heterocycles. The number of nitrogens with one attached hydrogen (secondary N) is 1. The molecule has 2 fully saturated rings. The smallest absolute Gasteiger partial charge is 0.303 e. The van der Waals surface area contributed by atoms with E-state index in [0.717, 1.165) is 0 Å². The van der Waals surface area contributed by atoms with Gasteiger partial charge in [0.2, 0.25) is 5.91 Å². The zero-order valence-electron chi connectivity index (χ0n) is 22.7. The highest BCUT2D eigenvalue weighted by Crippen LogP contribution is 2.29. The topological polar surface area (TPSA) is 165 Å². The number of hydrogen-bond acceptors (Lipinski definition) is 12. The van der Waals surface area contributed by atoms with Crippen LogP contribution in [0.1, 0.15) is 52.9 Å². The van der Waals surface area contributed by atoms with E-state index < -0.39 is 54.7 Å². The largest absolute Gasteiger partial charge is 0.463 e. The first-order valence-electron chi connectivity index (χ1n) is 12.8. The third kappa shape index (κ3) is 10.1. The van der Waals surface area contributed by atoms with Crippen molar-refractivity contribution in [3.8, 4) is 0 Å². The molecular weight excluding hydrogens is 506 g/mol. The molecule has 1 saturated carbocycles. The molecular formula is C25H41NO12. The van der Waals surface area contributed by atoms with Crippen LogP contribution in [0.25, 0.3) is 0 Å². The summed E-state index contributed by atoms with van der Waals surface area (Å²) in [7, 11) is 3.07. The molecule has 1 aliphatic carbocycles. The van der Waals surface area contributed by atoms with Gasteiger partial charge in [0.05, 0.1) is 18.8 Å². The average Bonchev–Trinajstić information content (AvgIpc) is 3.12. The van der Waals surface area contributed by atoms with Crippen LogP contribution in [-0.4, -0.2) is 106 Å². The Bertz CT molecular complexity index is 792. The summed E-state index contributed by atoms with van der Waals surface area (Å²) in [5.74, 6) is -1.97. The second-order valence-corrected chi connectivity index (χ2v) is 9.51. The first-order chi connectivity index (χ1) is 18.0. The van der Waals surface area contributed by atoms with E-state index in [0.29, 0.717) is 25.9 Å². The third-order valence-corrected chi connectivity index (χ3v) is 6.43. The van der Waals surface area contributed by atoms with Crippen LogP contribution in [0.3, 0.4) is 0 Å². The van der Waals surface area contributed by atoms with Crippen molar-refractivity contribution in [2.24, 2.45) is 5.92 Å². The Hall–Kier alpha value is -2.32. The third-order valence-electron chi connectivity index (χ3n) is 6.43. The predicted molar refractivity (Wildman–Crippen MR) is 130 cm³/mol. The summed E-state index contributed by atoms with van der Waals surface area (Å²) in [6, 6.07) is -0.299. The maximum absolute atomic E-state index is 12.5. The molecule has 1 saturated heterocycles. The molecule has 218 valence electrons. The Morgan fingerprint density at radius 3 is 2.24 bits per heavy atom. The van der Waals surface area contributed by atoms with Crippen LogP contribution in [0.2, 0.25) is 0 Å². The summed E-state index contributed by atoms with van der Waals surface area (Å²) in [4.78, 5) is 47.0. The van der Waals surface area contributed by atoms with Crippen LogP contribution in [-0.2, 0) is 52.3 Å². The van der Waals surface area contributed by atoms with E-state index in [1.165, 1.54) is 27.9 Å². The molecule has 1 heterocycles. The van der Waals surface area contributed by atoms with Gasteiger partial charge in [-0.1, -0.05) is 0 Å². The molecule has 0 spiro atoms. The Balaban J connectivity index is 1.82. The van der Waals surface area contributed by atoms with E-state index >= 15 is 0 Å². The molecule has 13 nitrogen and oxygen atoms in total. The minimum absolute atomic E-state index is 0.111. The summed E-state index contributed by atoms with van der Waals surface area (Å²) >= 11 is 0. The molecule has 1 amide bonds. The number of aliphatic hydroxyl groups excluding tert-OH is 1. The number of esters is 3. The van der Waals surface area contributed by atoms with Gasteiger partial charge in [-0.15, -0.1) is 0 Å². The molecule has 8 atom stereocenters. The second kappa shape index (κ2) is 15.9. The summed E-state index contributed by atoms with van der Waals surface area (Å²) in [5.41, 5.74) is 0. The van der Waals surface area contributed by atoms with Gasteiger partial charge >= 0.3 is 17.9 Å². The average molecular weight is 548 g/mol.